The highest BCUT2D eigenvalue weighted by atomic mass is 16.3. The Morgan fingerprint density at radius 2 is 0.789 bits per heavy atom. The van der Waals surface area contributed by atoms with Crippen LogP contribution >= 0.6 is 0 Å². The van der Waals surface area contributed by atoms with E-state index < -0.39 is 0 Å². The Labute approximate surface area is 328 Å². The SMILES string of the molecule is c1ccc(-c2cccc(-c3nc(-c4cccc(-c5ccccc5)c4)nc(-c4ccc5nc(-c6ccccc6)c6ccc7oc8ccccc8c7c6c5c4)n3)c2)cc1. The van der Waals surface area contributed by atoms with Crippen LogP contribution in [0, 0.1) is 0 Å². The number of aromatic nitrogens is 4. The number of rotatable bonds is 6. The van der Waals surface area contributed by atoms with Crippen molar-refractivity contribution in [3.8, 4) is 67.7 Å². The minimum Gasteiger partial charge on any atom is -0.456 e. The van der Waals surface area contributed by atoms with E-state index >= 15 is 0 Å². The van der Waals surface area contributed by atoms with Gasteiger partial charge < -0.3 is 4.42 Å². The van der Waals surface area contributed by atoms with Gasteiger partial charge in [0.1, 0.15) is 11.2 Å². The van der Waals surface area contributed by atoms with E-state index in [0.29, 0.717) is 17.5 Å². The summed E-state index contributed by atoms with van der Waals surface area (Å²) in [6, 6.07) is 66.8. The van der Waals surface area contributed by atoms with Crippen LogP contribution in [0.2, 0.25) is 0 Å². The quantitative estimate of drug-likeness (QED) is 0.160. The van der Waals surface area contributed by atoms with Gasteiger partial charge in [-0.2, -0.15) is 0 Å². The number of pyridine rings is 1. The van der Waals surface area contributed by atoms with Gasteiger partial charge in [-0.15, -0.1) is 0 Å². The summed E-state index contributed by atoms with van der Waals surface area (Å²) in [4.78, 5) is 20.9. The molecule has 11 aromatic rings. The first-order valence-electron chi connectivity index (χ1n) is 19.0. The van der Waals surface area contributed by atoms with E-state index in [-0.39, 0.29) is 0 Å². The molecule has 0 aliphatic heterocycles. The van der Waals surface area contributed by atoms with Gasteiger partial charge in [-0.25, -0.2) is 19.9 Å². The van der Waals surface area contributed by atoms with E-state index in [9.17, 15) is 0 Å². The van der Waals surface area contributed by atoms with Crippen molar-refractivity contribution in [3.63, 3.8) is 0 Å². The summed E-state index contributed by atoms with van der Waals surface area (Å²) in [5, 5.41) is 5.27. The van der Waals surface area contributed by atoms with Crippen molar-refractivity contribution in [2.75, 3.05) is 0 Å². The fourth-order valence-electron chi connectivity index (χ4n) is 7.96. The zero-order valence-electron chi connectivity index (χ0n) is 30.7. The van der Waals surface area contributed by atoms with Crippen molar-refractivity contribution >= 4 is 43.6 Å². The standard InChI is InChI=1S/C52H32N4O/c1-4-14-33(15-5-1)36-20-12-22-38(30-36)50-54-51(39-23-13-21-37(31-39)34-16-6-2-7-17-34)56-52(55-50)40-26-28-44-43(32-40)47-42(49(53-44)35-18-8-3-9-19-35)27-29-46-48(47)41-24-10-11-25-45(41)57-46/h1-32H. The maximum Gasteiger partial charge on any atom is 0.164 e. The Balaban J connectivity index is 1.16. The molecule has 0 fully saturated rings. The van der Waals surface area contributed by atoms with Crippen molar-refractivity contribution < 1.29 is 4.42 Å². The van der Waals surface area contributed by atoms with Gasteiger partial charge in [-0.3, -0.25) is 0 Å². The molecule has 0 unspecified atom stereocenters. The lowest BCUT2D eigenvalue weighted by atomic mass is 9.95. The minimum atomic E-state index is 0.580. The Morgan fingerprint density at radius 3 is 1.40 bits per heavy atom. The normalized spacial score (nSPS) is 11.5. The third-order valence-corrected chi connectivity index (χ3v) is 10.7. The molecule has 0 saturated carbocycles. The van der Waals surface area contributed by atoms with Crippen LogP contribution in [0.5, 0.6) is 0 Å². The molecule has 57 heavy (non-hydrogen) atoms. The fraction of sp³-hybridized carbons (Fsp3) is 0. The van der Waals surface area contributed by atoms with E-state index in [1.165, 1.54) is 0 Å². The molecule has 5 nitrogen and oxygen atoms in total. The molecular weight excluding hydrogens is 697 g/mol. The third-order valence-electron chi connectivity index (χ3n) is 10.7. The Hall–Kier alpha value is -7.76. The predicted octanol–water partition coefficient (Wildman–Crippen LogP) is 13.5. The largest absolute Gasteiger partial charge is 0.456 e. The minimum absolute atomic E-state index is 0.580. The van der Waals surface area contributed by atoms with Crippen molar-refractivity contribution in [3.05, 3.63) is 194 Å². The van der Waals surface area contributed by atoms with Gasteiger partial charge in [0.2, 0.25) is 0 Å². The van der Waals surface area contributed by atoms with Crippen molar-refractivity contribution in [2.45, 2.75) is 0 Å². The van der Waals surface area contributed by atoms with Gasteiger partial charge in [0.25, 0.3) is 0 Å². The monoisotopic (exact) mass is 728 g/mol. The molecule has 3 heterocycles. The number of hydrogen-bond acceptors (Lipinski definition) is 5. The molecule has 3 aromatic heterocycles. The van der Waals surface area contributed by atoms with Crippen LogP contribution in [0.1, 0.15) is 0 Å². The first-order chi connectivity index (χ1) is 28.2. The summed E-state index contributed by atoms with van der Waals surface area (Å²) in [7, 11) is 0. The van der Waals surface area contributed by atoms with Crippen molar-refractivity contribution in [2.24, 2.45) is 0 Å². The lowest BCUT2D eigenvalue weighted by molar-refractivity contribution is 0.669. The number of para-hydroxylation sites is 1. The summed E-state index contributed by atoms with van der Waals surface area (Å²) >= 11 is 0. The van der Waals surface area contributed by atoms with Crippen LogP contribution in [-0.4, -0.2) is 19.9 Å². The van der Waals surface area contributed by atoms with E-state index in [2.05, 4.69) is 164 Å². The Bertz CT molecular complexity index is 3180. The summed E-state index contributed by atoms with van der Waals surface area (Å²) in [5.41, 5.74) is 11.7. The second-order valence-corrected chi connectivity index (χ2v) is 14.2. The average molecular weight is 729 g/mol. The zero-order chi connectivity index (χ0) is 37.7. The lowest BCUT2D eigenvalue weighted by Crippen LogP contribution is -2.01. The molecular formula is C52H32N4O. The highest BCUT2D eigenvalue weighted by Gasteiger charge is 2.20. The van der Waals surface area contributed by atoms with E-state index in [1.54, 1.807) is 0 Å². The van der Waals surface area contributed by atoms with Crippen LogP contribution in [0.3, 0.4) is 0 Å². The average Bonchev–Trinajstić information content (AvgIpc) is 3.68. The van der Waals surface area contributed by atoms with Crippen LogP contribution in [0.15, 0.2) is 199 Å². The maximum absolute atomic E-state index is 6.43. The highest BCUT2D eigenvalue weighted by molar-refractivity contribution is 6.28. The summed E-state index contributed by atoms with van der Waals surface area (Å²) in [5.74, 6) is 1.78. The second kappa shape index (κ2) is 13.5. The molecule has 0 amide bonds. The number of hydrogen-bond donors (Lipinski definition) is 0. The summed E-state index contributed by atoms with van der Waals surface area (Å²) in [6.07, 6.45) is 0. The molecule has 0 aliphatic rings. The molecule has 0 aliphatic carbocycles. The Morgan fingerprint density at radius 1 is 0.281 bits per heavy atom. The zero-order valence-corrected chi connectivity index (χ0v) is 30.7. The van der Waals surface area contributed by atoms with Crippen LogP contribution in [0.25, 0.3) is 111 Å². The number of nitrogens with zero attached hydrogens (tertiary/aromatic N) is 4. The predicted molar refractivity (Wildman–Crippen MR) is 233 cm³/mol. The van der Waals surface area contributed by atoms with Gasteiger partial charge in [0.15, 0.2) is 17.5 Å². The van der Waals surface area contributed by atoms with E-state index in [4.69, 9.17) is 24.4 Å². The van der Waals surface area contributed by atoms with E-state index in [0.717, 1.165) is 93.8 Å². The van der Waals surface area contributed by atoms with Crippen molar-refractivity contribution in [1.82, 2.24) is 19.9 Å². The highest BCUT2D eigenvalue weighted by Crippen LogP contribution is 2.42. The first-order valence-corrected chi connectivity index (χ1v) is 19.0. The van der Waals surface area contributed by atoms with Crippen LogP contribution < -0.4 is 0 Å². The molecule has 0 N–H and O–H groups in total. The van der Waals surface area contributed by atoms with Gasteiger partial charge in [-0.1, -0.05) is 146 Å². The molecule has 5 heteroatoms. The smallest absolute Gasteiger partial charge is 0.164 e. The maximum atomic E-state index is 6.43. The number of furan rings is 1. The van der Waals surface area contributed by atoms with Gasteiger partial charge in [0, 0.05) is 49.2 Å². The molecule has 0 bridgehead atoms. The van der Waals surface area contributed by atoms with Gasteiger partial charge in [-0.05, 0) is 70.8 Å². The molecule has 0 spiro atoms. The molecule has 11 rings (SSSR count). The number of benzene rings is 8. The lowest BCUT2D eigenvalue weighted by Gasteiger charge is -2.13. The third kappa shape index (κ3) is 5.81. The van der Waals surface area contributed by atoms with Gasteiger partial charge in [0.05, 0.1) is 11.2 Å². The number of fused-ring (bicyclic) bond motifs is 7. The van der Waals surface area contributed by atoms with Crippen LogP contribution in [0.4, 0.5) is 0 Å². The summed E-state index contributed by atoms with van der Waals surface area (Å²) < 4.78 is 6.43. The fourth-order valence-corrected chi connectivity index (χ4v) is 7.96. The molecule has 8 aromatic carbocycles. The second-order valence-electron chi connectivity index (χ2n) is 14.2. The van der Waals surface area contributed by atoms with E-state index in [1.807, 2.05) is 30.3 Å². The molecule has 0 atom stereocenters. The van der Waals surface area contributed by atoms with Gasteiger partial charge >= 0.3 is 0 Å². The Kier molecular flexibility index (Phi) is 7.74. The van der Waals surface area contributed by atoms with Crippen LogP contribution in [-0.2, 0) is 0 Å². The molecule has 0 radical (unpaired) electrons. The molecule has 0 saturated heterocycles. The first kappa shape index (κ1) is 32.7. The topological polar surface area (TPSA) is 64.7 Å². The molecule has 266 valence electrons. The van der Waals surface area contributed by atoms with Crippen molar-refractivity contribution in [1.29, 1.82) is 0 Å². The summed E-state index contributed by atoms with van der Waals surface area (Å²) in [6.45, 7) is 0.